The number of hydrogen-bond donors (Lipinski definition) is 1. The van der Waals surface area contributed by atoms with Crippen LogP contribution in [0.15, 0.2) is 12.7 Å². The monoisotopic (exact) mass is 138 g/mol. The third-order valence-corrected chi connectivity index (χ3v) is 1.34. The van der Waals surface area contributed by atoms with E-state index in [0.717, 1.165) is 0 Å². The number of allylic oxidation sites excluding steroid dienone is 1. The van der Waals surface area contributed by atoms with Crippen LogP contribution in [0.5, 0.6) is 0 Å². The van der Waals surface area contributed by atoms with Gasteiger partial charge < -0.3 is 5.73 Å². The van der Waals surface area contributed by atoms with Crippen molar-refractivity contribution in [2.24, 2.45) is 11.1 Å². The van der Waals surface area contributed by atoms with E-state index in [-0.39, 0.29) is 0 Å². The van der Waals surface area contributed by atoms with Gasteiger partial charge in [0.2, 0.25) is 5.91 Å². The van der Waals surface area contributed by atoms with Crippen LogP contribution in [0.3, 0.4) is 0 Å². The summed E-state index contributed by atoms with van der Waals surface area (Å²) in [6, 6.07) is 1.83. The first-order valence-electron chi connectivity index (χ1n) is 2.89. The van der Waals surface area contributed by atoms with Crippen molar-refractivity contribution in [3.05, 3.63) is 12.7 Å². The normalized spacial score (nSPS) is 14.8. The Morgan fingerprint density at radius 1 is 2.00 bits per heavy atom. The molecule has 1 unspecified atom stereocenters. The van der Waals surface area contributed by atoms with Gasteiger partial charge in [-0.1, -0.05) is 6.08 Å². The lowest BCUT2D eigenvalue weighted by Crippen LogP contribution is -2.32. The molecule has 0 fully saturated rings. The van der Waals surface area contributed by atoms with Gasteiger partial charge in [-0.25, -0.2) is 0 Å². The zero-order chi connectivity index (χ0) is 8.20. The second kappa shape index (κ2) is 3.02. The van der Waals surface area contributed by atoms with Gasteiger partial charge in [0.15, 0.2) is 0 Å². The number of nitrogens with two attached hydrogens (primary N) is 1. The maximum atomic E-state index is 10.6. The van der Waals surface area contributed by atoms with Crippen LogP contribution < -0.4 is 5.73 Å². The molecule has 3 nitrogen and oxygen atoms in total. The minimum Gasteiger partial charge on any atom is -0.368 e. The highest BCUT2D eigenvalue weighted by molar-refractivity contribution is 5.83. The Hall–Kier alpha value is -1.30. The lowest BCUT2D eigenvalue weighted by atomic mass is 9.88. The minimum absolute atomic E-state index is 0.304. The highest BCUT2D eigenvalue weighted by Crippen LogP contribution is 2.18. The molecular formula is C7H10N2O. The second-order valence-electron chi connectivity index (χ2n) is 2.30. The van der Waals surface area contributed by atoms with Crippen LogP contribution >= 0.6 is 0 Å². The molecule has 0 saturated carbocycles. The van der Waals surface area contributed by atoms with Crippen LogP contribution in [0.1, 0.15) is 13.3 Å². The molecule has 0 saturated heterocycles. The van der Waals surface area contributed by atoms with E-state index < -0.39 is 11.3 Å². The molecule has 0 aromatic rings. The standard InChI is InChI=1S/C7H10N2O/c1-3-4-7(2,5-8)6(9)10/h3H,1,4H2,2H3,(H2,9,10). The molecule has 0 aliphatic heterocycles. The van der Waals surface area contributed by atoms with Gasteiger partial charge in [0, 0.05) is 0 Å². The summed E-state index contributed by atoms with van der Waals surface area (Å²) in [6.07, 6.45) is 1.81. The number of nitriles is 1. The lowest BCUT2D eigenvalue weighted by molar-refractivity contribution is -0.124. The molecule has 3 heteroatoms. The molecule has 1 amide bonds. The summed E-state index contributed by atoms with van der Waals surface area (Å²) in [7, 11) is 0. The summed E-state index contributed by atoms with van der Waals surface area (Å²) in [6.45, 7) is 4.91. The highest BCUT2D eigenvalue weighted by Gasteiger charge is 2.28. The predicted molar refractivity (Wildman–Crippen MR) is 37.7 cm³/mol. The zero-order valence-corrected chi connectivity index (χ0v) is 5.92. The smallest absolute Gasteiger partial charge is 0.237 e. The van der Waals surface area contributed by atoms with Crippen LogP contribution in [0.4, 0.5) is 0 Å². The van der Waals surface area contributed by atoms with Gasteiger partial charge in [-0.05, 0) is 13.3 Å². The van der Waals surface area contributed by atoms with Crippen molar-refractivity contribution < 1.29 is 4.79 Å². The molecule has 1 atom stereocenters. The summed E-state index contributed by atoms with van der Waals surface area (Å²) in [4.78, 5) is 10.6. The maximum Gasteiger partial charge on any atom is 0.237 e. The Kier molecular flexibility index (Phi) is 2.63. The van der Waals surface area contributed by atoms with Crippen LogP contribution in [0, 0.1) is 16.7 Å². The quantitative estimate of drug-likeness (QED) is 0.579. The Bertz CT molecular complexity index is 192. The van der Waals surface area contributed by atoms with Gasteiger partial charge in [0.05, 0.1) is 6.07 Å². The molecule has 2 N–H and O–H groups in total. The molecule has 0 radical (unpaired) electrons. The van der Waals surface area contributed by atoms with Gasteiger partial charge >= 0.3 is 0 Å². The van der Waals surface area contributed by atoms with Gasteiger partial charge in [0.25, 0.3) is 0 Å². The van der Waals surface area contributed by atoms with Crippen molar-refractivity contribution in [3.8, 4) is 6.07 Å². The minimum atomic E-state index is -1.08. The molecule has 0 bridgehead atoms. The van der Waals surface area contributed by atoms with E-state index in [0.29, 0.717) is 6.42 Å². The maximum absolute atomic E-state index is 10.6. The van der Waals surface area contributed by atoms with E-state index in [4.69, 9.17) is 11.0 Å². The number of hydrogen-bond acceptors (Lipinski definition) is 2. The van der Waals surface area contributed by atoms with Crippen molar-refractivity contribution in [2.75, 3.05) is 0 Å². The molecule has 0 aromatic carbocycles. The Labute approximate surface area is 60.1 Å². The largest absolute Gasteiger partial charge is 0.368 e. The van der Waals surface area contributed by atoms with E-state index in [1.807, 2.05) is 6.07 Å². The number of amides is 1. The fraction of sp³-hybridized carbons (Fsp3) is 0.429. The molecule has 0 aliphatic carbocycles. The molecule has 10 heavy (non-hydrogen) atoms. The molecule has 0 rings (SSSR count). The van der Waals surface area contributed by atoms with Crippen molar-refractivity contribution >= 4 is 5.91 Å². The van der Waals surface area contributed by atoms with Gasteiger partial charge in [0.1, 0.15) is 5.41 Å². The van der Waals surface area contributed by atoms with E-state index >= 15 is 0 Å². The van der Waals surface area contributed by atoms with E-state index in [1.165, 1.54) is 13.0 Å². The van der Waals surface area contributed by atoms with Gasteiger partial charge in [-0.3, -0.25) is 4.79 Å². The van der Waals surface area contributed by atoms with Crippen molar-refractivity contribution in [3.63, 3.8) is 0 Å². The average molecular weight is 138 g/mol. The first-order chi connectivity index (χ1) is 4.56. The van der Waals surface area contributed by atoms with Crippen molar-refractivity contribution in [2.45, 2.75) is 13.3 Å². The molecule has 0 spiro atoms. The third kappa shape index (κ3) is 1.59. The average Bonchev–Trinajstić information content (AvgIpc) is 1.88. The summed E-state index contributed by atoms with van der Waals surface area (Å²) < 4.78 is 0. The van der Waals surface area contributed by atoms with Crippen LogP contribution in [-0.2, 0) is 4.79 Å². The molecule has 0 heterocycles. The summed E-state index contributed by atoms with van der Waals surface area (Å²) in [5.74, 6) is -0.602. The number of primary amides is 1. The summed E-state index contributed by atoms with van der Waals surface area (Å²) in [5.41, 5.74) is 3.88. The molecule has 0 aromatic heterocycles. The van der Waals surface area contributed by atoms with E-state index in [1.54, 1.807) is 0 Å². The number of nitrogens with zero attached hydrogens (tertiary/aromatic N) is 1. The van der Waals surface area contributed by atoms with Gasteiger partial charge in [-0.15, -0.1) is 6.58 Å². The summed E-state index contributed by atoms with van der Waals surface area (Å²) >= 11 is 0. The fourth-order valence-corrected chi connectivity index (χ4v) is 0.490. The number of carbonyl (C=O) groups excluding carboxylic acids is 1. The Morgan fingerprint density at radius 3 is 2.60 bits per heavy atom. The molecule has 0 aliphatic rings. The van der Waals surface area contributed by atoms with Crippen molar-refractivity contribution in [1.82, 2.24) is 0 Å². The highest BCUT2D eigenvalue weighted by atomic mass is 16.1. The Morgan fingerprint density at radius 2 is 2.50 bits per heavy atom. The molecular weight excluding hydrogens is 128 g/mol. The fourth-order valence-electron chi connectivity index (χ4n) is 0.490. The number of carbonyl (C=O) groups is 1. The van der Waals surface area contributed by atoms with E-state index in [9.17, 15) is 4.79 Å². The zero-order valence-electron chi connectivity index (χ0n) is 5.92. The van der Waals surface area contributed by atoms with E-state index in [2.05, 4.69) is 6.58 Å². The predicted octanol–water partition coefficient (Wildman–Crippen LogP) is 0.578. The topological polar surface area (TPSA) is 66.9 Å². The van der Waals surface area contributed by atoms with Crippen LogP contribution in [0.25, 0.3) is 0 Å². The first-order valence-corrected chi connectivity index (χ1v) is 2.89. The number of rotatable bonds is 3. The van der Waals surface area contributed by atoms with Crippen LogP contribution in [-0.4, -0.2) is 5.91 Å². The third-order valence-electron chi connectivity index (χ3n) is 1.34. The van der Waals surface area contributed by atoms with Crippen molar-refractivity contribution in [1.29, 1.82) is 5.26 Å². The summed E-state index contributed by atoms with van der Waals surface area (Å²) in [5, 5.41) is 8.49. The second-order valence-corrected chi connectivity index (χ2v) is 2.30. The Balaban J connectivity index is 4.42. The lowest BCUT2D eigenvalue weighted by Gasteiger charge is -2.13. The SMILES string of the molecule is C=CCC(C)(C#N)C(N)=O. The van der Waals surface area contributed by atoms with Crippen LogP contribution in [0.2, 0.25) is 0 Å². The van der Waals surface area contributed by atoms with Gasteiger partial charge in [-0.2, -0.15) is 5.26 Å². The first kappa shape index (κ1) is 8.70. The molecule has 54 valence electrons.